The zero-order chi connectivity index (χ0) is 13.1. The van der Waals surface area contributed by atoms with Crippen molar-refractivity contribution in [2.24, 2.45) is 0 Å². The fourth-order valence-corrected chi connectivity index (χ4v) is 2.36. The molecular weight excluding hydrogens is 238 g/mol. The van der Waals surface area contributed by atoms with Crippen molar-refractivity contribution in [1.82, 2.24) is 5.32 Å². The van der Waals surface area contributed by atoms with Crippen molar-refractivity contribution < 1.29 is 9.84 Å². The van der Waals surface area contributed by atoms with Crippen molar-refractivity contribution >= 4 is 0 Å². The largest absolute Gasteiger partial charge is 0.508 e. The van der Waals surface area contributed by atoms with E-state index in [0.29, 0.717) is 12.4 Å². The topological polar surface area (TPSA) is 41.5 Å². The monoisotopic (exact) mass is 255 g/mol. The molecule has 1 aliphatic rings. The molecular formula is C16H17NO2. The molecule has 1 heterocycles. The second-order valence-electron chi connectivity index (χ2n) is 4.82. The first-order chi connectivity index (χ1) is 9.31. The van der Waals surface area contributed by atoms with Gasteiger partial charge in [-0.15, -0.1) is 0 Å². The van der Waals surface area contributed by atoms with Crippen LogP contribution in [0.5, 0.6) is 11.5 Å². The summed E-state index contributed by atoms with van der Waals surface area (Å²) in [4.78, 5) is 0. The van der Waals surface area contributed by atoms with E-state index in [9.17, 15) is 5.11 Å². The molecule has 0 bridgehead atoms. The molecule has 0 aromatic heterocycles. The van der Waals surface area contributed by atoms with Gasteiger partial charge in [-0.2, -0.15) is 0 Å². The fourth-order valence-electron chi connectivity index (χ4n) is 2.36. The van der Waals surface area contributed by atoms with Crippen LogP contribution in [0.1, 0.15) is 16.7 Å². The molecule has 1 aliphatic heterocycles. The average Bonchev–Trinajstić information content (AvgIpc) is 2.45. The van der Waals surface area contributed by atoms with Gasteiger partial charge >= 0.3 is 0 Å². The fraction of sp³-hybridized carbons (Fsp3) is 0.250. The van der Waals surface area contributed by atoms with Gasteiger partial charge in [0.05, 0.1) is 0 Å². The van der Waals surface area contributed by atoms with E-state index in [1.807, 2.05) is 6.07 Å². The molecule has 0 saturated heterocycles. The maximum atomic E-state index is 9.38. The Morgan fingerprint density at radius 3 is 2.95 bits per heavy atom. The Morgan fingerprint density at radius 1 is 1.11 bits per heavy atom. The van der Waals surface area contributed by atoms with Crippen LogP contribution in [0.2, 0.25) is 0 Å². The highest BCUT2D eigenvalue weighted by atomic mass is 16.5. The third-order valence-electron chi connectivity index (χ3n) is 3.38. The maximum absolute atomic E-state index is 9.38. The van der Waals surface area contributed by atoms with E-state index in [0.717, 1.165) is 25.1 Å². The smallest absolute Gasteiger partial charge is 0.123 e. The molecule has 0 saturated carbocycles. The summed E-state index contributed by atoms with van der Waals surface area (Å²) in [7, 11) is 0. The molecule has 98 valence electrons. The van der Waals surface area contributed by atoms with Crippen LogP contribution >= 0.6 is 0 Å². The highest BCUT2D eigenvalue weighted by Gasteiger charge is 2.08. The summed E-state index contributed by atoms with van der Waals surface area (Å²) in [5.41, 5.74) is 3.95. The van der Waals surface area contributed by atoms with Crippen molar-refractivity contribution in [3.05, 3.63) is 59.2 Å². The molecule has 2 N–H and O–H groups in total. The standard InChI is InChI=1S/C16H17NO2/c18-15-2-1-3-16(9-15)19-11-12-4-5-13-6-7-17-10-14(13)8-12/h1-5,8-9,17-18H,6-7,10-11H2. The van der Waals surface area contributed by atoms with Gasteiger partial charge in [-0.25, -0.2) is 0 Å². The van der Waals surface area contributed by atoms with E-state index in [1.54, 1.807) is 18.2 Å². The lowest BCUT2D eigenvalue weighted by atomic mass is 9.99. The molecule has 3 rings (SSSR count). The Kier molecular flexibility index (Phi) is 3.38. The molecule has 3 heteroatoms. The Balaban J connectivity index is 1.70. The van der Waals surface area contributed by atoms with Gasteiger partial charge in [0.2, 0.25) is 0 Å². The van der Waals surface area contributed by atoms with Crippen molar-refractivity contribution in [2.75, 3.05) is 6.54 Å². The lowest BCUT2D eigenvalue weighted by Gasteiger charge is -2.18. The minimum Gasteiger partial charge on any atom is -0.508 e. The van der Waals surface area contributed by atoms with Crippen LogP contribution in [0, 0.1) is 0 Å². The molecule has 0 unspecified atom stereocenters. The average molecular weight is 255 g/mol. The van der Waals surface area contributed by atoms with Crippen LogP contribution in [0.15, 0.2) is 42.5 Å². The van der Waals surface area contributed by atoms with E-state index in [2.05, 4.69) is 23.5 Å². The van der Waals surface area contributed by atoms with Gasteiger partial charge in [-0.1, -0.05) is 24.3 Å². The predicted molar refractivity (Wildman–Crippen MR) is 74.3 cm³/mol. The summed E-state index contributed by atoms with van der Waals surface area (Å²) in [5.74, 6) is 0.919. The predicted octanol–water partition coefficient (Wildman–Crippen LogP) is 2.62. The summed E-state index contributed by atoms with van der Waals surface area (Å²) in [6.07, 6.45) is 1.10. The van der Waals surface area contributed by atoms with E-state index in [1.165, 1.54) is 11.1 Å². The van der Waals surface area contributed by atoms with Gasteiger partial charge in [0.25, 0.3) is 0 Å². The summed E-state index contributed by atoms with van der Waals surface area (Å²) in [6.45, 7) is 2.53. The van der Waals surface area contributed by atoms with Gasteiger partial charge < -0.3 is 15.2 Å². The summed E-state index contributed by atoms with van der Waals surface area (Å²) in [6, 6.07) is 13.4. The number of nitrogens with one attached hydrogen (secondary N) is 1. The molecule has 2 aromatic carbocycles. The number of hydrogen-bond acceptors (Lipinski definition) is 3. The zero-order valence-corrected chi connectivity index (χ0v) is 10.7. The molecule has 0 fully saturated rings. The highest BCUT2D eigenvalue weighted by molar-refractivity contribution is 5.35. The summed E-state index contributed by atoms with van der Waals surface area (Å²) in [5, 5.41) is 12.8. The second-order valence-corrected chi connectivity index (χ2v) is 4.82. The van der Waals surface area contributed by atoms with E-state index in [-0.39, 0.29) is 5.75 Å². The van der Waals surface area contributed by atoms with Crippen molar-refractivity contribution in [3.8, 4) is 11.5 Å². The number of fused-ring (bicyclic) bond motifs is 1. The van der Waals surface area contributed by atoms with Crippen molar-refractivity contribution in [2.45, 2.75) is 19.6 Å². The first-order valence-electron chi connectivity index (χ1n) is 6.54. The lowest BCUT2D eigenvalue weighted by Crippen LogP contribution is -2.23. The van der Waals surface area contributed by atoms with Gasteiger partial charge in [0.1, 0.15) is 18.1 Å². The number of hydrogen-bond donors (Lipinski definition) is 2. The molecule has 3 nitrogen and oxygen atoms in total. The minimum absolute atomic E-state index is 0.229. The third kappa shape index (κ3) is 2.88. The van der Waals surface area contributed by atoms with Crippen LogP contribution in [0.3, 0.4) is 0 Å². The quantitative estimate of drug-likeness (QED) is 0.886. The van der Waals surface area contributed by atoms with Gasteiger partial charge in [-0.3, -0.25) is 0 Å². The molecule has 0 radical (unpaired) electrons. The number of benzene rings is 2. The third-order valence-corrected chi connectivity index (χ3v) is 3.38. The molecule has 2 aromatic rings. The molecule has 19 heavy (non-hydrogen) atoms. The van der Waals surface area contributed by atoms with Crippen LogP contribution < -0.4 is 10.1 Å². The number of aromatic hydroxyl groups is 1. The molecule has 0 spiro atoms. The Hall–Kier alpha value is -2.00. The Labute approximate surface area is 112 Å². The maximum Gasteiger partial charge on any atom is 0.123 e. The number of phenols is 1. The van der Waals surface area contributed by atoms with E-state index in [4.69, 9.17) is 4.74 Å². The van der Waals surface area contributed by atoms with Gasteiger partial charge in [-0.05, 0) is 41.8 Å². The lowest BCUT2D eigenvalue weighted by molar-refractivity contribution is 0.304. The van der Waals surface area contributed by atoms with Gasteiger partial charge in [0, 0.05) is 12.6 Å². The van der Waals surface area contributed by atoms with Crippen LogP contribution in [0.4, 0.5) is 0 Å². The number of phenolic OH excluding ortho intramolecular Hbond substituents is 1. The first-order valence-corrected chi connectivity index (χ1v) is 6.54. The molecule has 0 aliphatic carbocycles. The van der Waals surface area contributed by atoms with Crippen LogP contribution in [-0.2, 0) is 19.6 Å². The molecule has 0 atom stereocenters. The van der Waals surface area contributed by atoms with Crippen molar-refractivity contribution in [1.29, 1.82) is 0 Å². The van der Waals surface area contributed by atoms with E-state index >= 15 is 0 Å². The SMILES string of the molecule is Oc1cccc(OCc2ccc3c(c2)CNCC3)c1. The Bertz CT molecular complexity index is 581. The summed E-state index contributed by atoms with van der Waals surface area (Å²) < 4.78 is 5.68. The Morgan fingerprint density at radius 2 is 2.05 bits per heavy atom. The molecule has 0 amide bonds. The number of ether oxygens (including phenoxy) is 1. The van der Waals surface area contributed by atoms with Crippen molar-refractivity contribution in [3.63, 3.8) is 0 Å². The van der Waals surface area contributed by atoms with Crippen LogP contribution in [0.25, 0.3) is 0 Å². The number of rotatable bonds is 3. The highest BCUT2D eigenvalue weighted by Crippen LogP contribution is 2.20. The zero-order valence-electron chi connectivity index (χ0n) is 10.7. The van der Waals surface area contributed by atoms with E-state index < -0.39 is 0 Å². The normalized spacial score (nSPS) is 13.9. The van der Waals surface area contributed by atoms with Gasteiger partial charge in [0.15, 0.2) is 0 Å². The minimum atomic E-state index is 0.229. The summed E-state index contributed by atoms with van der Waals surface area (Å²) >= 11 is 0. The first kappa shape index (κ1) is 12.1. The second kappa shape index (κ2) is 5.33. The van der Waals surface area contributed by atoms with Crippen LogP contribution in [-0.4, -0.2) is 11.7 Å².